The first kappa shape index (κ1) is 19.0. The van der Waals surface area contributed by atoms with E-state index in [1.807, 2.05) is 44.2 Å². The minimum absolute atomic E-state index is 0.0563. The number of phenolic OH excluding ortho intramolecular Hbond substituents is 1. The van der Waals surface area contributed by atoms with E-state index in [4.69, 9.17) is 0 Å². The molecule has 148 valence electrons. The van der Waals surface area contributed by atoms with Crippen molar-refractivity contribution in [1.82, 2.24) is 5.32 Å². The highest BCUT2D eigenvalue weighted by molar-refractivity contribution is 6.10. The van der Waals surface area contributed by atoms with E-state index >= 15 is 0 Å². The summed E-state index contributed by atoms with van der Waals surface area (Å²) in [4.78, 5) is 26.2. The van der Waals surface area contributed by atoms with E-state index in [1.165, 1.54) is 0 Å². The highest BCUT2D eigenvalue weighted by atomic mass is 16.3. The van der Waals surface area contributed by atoms with Crippen molar-refractivity contribution >= 4 is 17.4 Å². The molecule has 1 aliphatic carbocycles. The van der Waals surface area contributed by atoms with E-state index in [1.54, 1.807) is 18.2 Å². The smallest absolute Gasteiger partial charge is 0.254 e. The number of phenols is 1. The number of para-hydroxylation sites is 1. The van der Waals surface area contributed by atoms with E-state index in [0.29, 0.717) is 17.6 Å². The van der Waals surface area contributed by atoms with Crippen LogP contribution in [0.4, 0.5) is 5.69 Å². The third kappa shape index (κ3) is 3.56. The number of carbonyl (C=O) groups is 2. The highest BCUT2D eigenvalue weighted by Gasteiger charge is 2.38. The predicted octanol–water partition coefficient (Wildman–Crippen LogP) is 4.31. The lowest BCUT2D eigenvalue weighted by molar-refractivity contribution is -0.116. The number of hydrogen-bond donors (Lipinski definition) is 3. The van der Waals surface area contributed by atoms with Gasteiger partial charge in [0.05, 0.1) is 0 Å². The van der Waals surface area contributed by atoms with Gasteiger partial charge in [-0.2, -0.15) is 0 Å². The molecule has 0 unspecified atom stereocenters. The van der Waals surface area contributed by atoms with Crippen LogP contribution in [0.1, 0.15) is 43.2 Å². The van der Waals surface area contributed by atoms with Crippen LogP contribution in [-0.2, 0) is 9.59 Å². The molecule has 1 atom stereocenters. The molecule has 5 nitrogen and oxygen atoms in total. The summed E-state index contributed by atoms with van der Waals surface area (Å²) in [6.45, 7) is 3.80. The fourth-order valence-electron chi connectivity index (χ4n) is 4.22. The summed E-state index contributed by atoms with van der Waals surface area (Å²) in [7, 11) is 0. The van der Waals surface area contributed by atoms with Crippen molar-refractivity contribution in [2.45, 2.75) is 39.0 Å². The van der Waals surface area contributed by atoms with Gasteiger partial charge in [0.2, 0.25) is 0 Å². The van der Waals surface area contributed by atoms with Crippen molar-refractivity contribution in [3.8, 4) is 5.75 Å². The minimum atomic E-state index is -0.504. The number of anilines is 1. The molecule has 2 aromatic rings. The fraction of sp³-hybridized carbons (Fsp3) is 0.250. The number of aromatic hydroxyl groups is 1. The lowest BCUT2D eigenvalue weighted by Crippen LogP contribution is -2.35. The Kier molecular flexibility index (Phi) is 4.97. The number of nitrogens with one attached hydrogen (secondary N) is 2. The second kappa shape index (κ2) is 7.59. The largest absolute Gasteiger partial charge is 0.508 e. The Morgan fingerprint density at radius 3 is 2.66 bits per heavy atom. The lowest BCUT2D eigenvalue weighted by atomic mass is 9.75. The highest BCUT2D eigenvalue weighted by Crippen LogP contribution is 2.43. The molecule has 0 saturated carbocycles. The molecule has 2 aromatic carbocycles. The van der Waals surface area contributed by atoms with Gasteiger partial charge < -0.3 is 15.7 Å². The van der Waals surface area contributed by atoms with E-state index in [2.05, 4.69) is 10.6 Å². The Morgan fingerprint density at radius 2 is 1.90 bits per heavy atom. The van der Waals surface area contributed by atoms with Crippen molar-refractivity contribution in [2.75, 3.05) is 5.32 Å². The molecule has 1 aliphatic heterocycles. The molecule has 1 heterocycles. The lowest BCUT2D eigenvalue weighted by Gasteiger charge is -2.34. The fourth-order valence-corrected chi connectivity index (χ4v) is 4.22. The van der Waals surface area contributed by atoms with Crippen LogP contribution in [0.15, 0.2) is 71.1 Å². The van der Waals surface area contributed by atoms with E-state index < -0.39 is 5.92 Å². The summed E-state index contributed by atoms with van der Waals surface area (Å²) in [6, 6.07) is 14.4. The zero-order chi connectivity index (χ0) is 20.5. The number of rotatable bonds is 3. The number of ketones is 1. The first-order valence-corrected chi connectivity index (χ1v) is 9.85. The second-order valence-corrected chi connectivity index (χ2v) is 7.63. The van der Waals surface area contributed by atoms with Crippen molar-refractivity contribution in [3.05, 3.63) is 82.2 Å². The van der Waals surface area contributed by atoms with Crippen LogP contribution in [0.3, 0.4) is 0 Å². The van der Waals surface area contributed by atoms with Gasteiger partial charge >= 0.3 is 0 Å². The number of amides is 1. The summed E-state index contributed by atoms with van der Waals surface area (Å²) in [5.74, 6) is -0.582. The van der Waals surface area contributed by atoms with Gasteiger partial charge in [0.15, 0.2) is 5.78 Å². The minimum Gasteiger partial charge on any atom is -0.508 e. The third-order valence-corrected chi connectivity index (χ3v) is 5.62. The van der Waals surface area contributed by atoms with E-state index in [9.17, 15) is 14.7 Å². The van der Waals surface area contributed by atoms with Crippen molar-refractivity contribution in [3.63, 3.8) is 0 Å². The zero-order valence-corrected chi connectivity index (χ0v) is 16.6. The van der Waals surface area contributed by atoms with Crippen LogP contribution in [0.25, 0.3) is 0 Å². The molecule has 5 heteroatoms. The number of dihydropyridines is 1. The monoisotopic (exact) mass is 388 g/mol. The molecule has 29 heavy (non-hydrogen) atoms. The van der Waals surface area contributed by atoms with Crippen molar-refractivity contribution in [2.24, 2.45) is 0 Å². The number of hydrogen-bond acceptors (Lipinski definition) is 4. The quantitative estimate of drug-likeness (QED) is 0.732. The number of benzene rings is 2. The van der Waals surface area contributed by atoms with Crippen LogP contribution < -0.4 is 10.6 Å². The second-order valence-electron chi connectivity index (χ2n) is 7.63. The molecule has 0 saturated heterocycles. The van der Waals surface area contributed by atoms with Gasteiger partial charge in [-0.05, 0) is 56.0 Å². The summed E-state index contributed by atoms with van der Waals surface area (Å²) in [5.41, 5.74) is 5.21. The van der Waals surface area contributed by atoms with Crippen LogP contribution in [0.5, 0.6) is 5.75 Å². The molecule has 0 radical (unpaired) electrons. The van der Waals surface area contributed by atoms with Gasteiger partial charge in [0, 0.05) is 40.6 Å². The molecular weight excluding hydrogens is 364 g/mol. The summed E-state index contributed by atoms with van der Waals surface area (Å²) in [5, 5.41) is 16.3. The topological polar surface area (TPSA) is 78.4 Å². The Hall–Kier alpha value is -3.34. The molecule has 0 bridgehead atoms. The third-order valence-electron chi connectivity index (χ3n) is 5.62. The molecule has 1 amide bonds. The van der Waals surface area contributed by atoms with Crippen LogP contribution >= 0.6 is 0 Å². The molecule has 2 aliphatic rings. The first-order chi connectivity index (χ1) is 14.0. The average molecular weight is 388 g/mol. The van der Waals surface area contributed by atoms with Crippen molar-refractivity contribution < 1.29 is 14.7 Å². The van der Waals surface area contributed by atoms with Gasteiger partial charge in [0.1, 0.15) is 5.75 Å². The Bertz CT molecular complexity index is 1070. The number of Topliss-reactive ketones (excluding diaryl/α,β-unsaturated/α-hetero) is 1. The zero-order valence-electron chi connectivity index (χ0n) is 16.6. The summed E-state index contributed by atoms with van der Waals surface area (Å²) < 4.78 is 0. The van der Waals surface area contributed by atoms with Gasteiger partial charge in [-0.25, -0.2) is 0 Å². The van der Waals surface area contributed by atoms with Gasteiger partial charge in [-0.3, -0.25) is 9.59 Å². The maximum Gasteiger partial charge on any atom is 0.254 e. The molecule has 3 N–H and O–H groups in total. The number of carbonyl (C=O) groups excluding carboxylic acids is 2. The van der Waals surface area contributed by atoms with E-state index in [0.717, 1.165) is 41.1 Å². The van der Waals surface area contributed by atoms with Crippen molar-refractivity contribution in [1.29, 1.82) is 0 Å². The Morgan fingerprint density at radius 1 is 1.10 bits per heavy atom. The number of allylic oxidation sites excluding steroid dienone is 3. The maximum atomic E-state index is 13.4. The summed E-state index contributed by atoms with van der Waals surface area (Å²) >= 11 is 0. The average Bonchev–Trinajstić information content (AvgIpc) is 2.69. The maximum absolute atomic E-state index is 13.4. The normalized spacial score (nSPS) is 19.0. The molecule has 4 rings (SSSR count). The predicted molar refractivity (Wildman–Crippen MR) is 112 cm³/mol. The Balaban J connectivity index is 1.81. The molecule has 0 spiro atoms. The van der Waals surface area contributed by atoms with E-state index in [-0.39, 0.29) is 17.4 Å². The van der Waals surface area contributed by atoms with Crippen LogP contribution in [0, 0.1) is 6.92 Å². The van der Waals surface area contributed by atoms with Gasteiger partial charge in [-0.1, -0.05) is 30.3 Å². The van der Waals surface area contributed by atoms with Gasteiger partial charge in [-0.15, -0.1) is 0 Å². The summed E-state index contributed by atoms with van der Waals surface area (Å²) in [6.07, 6.45) is 2.05. The molecular formula is C24H24N2O3. The van der Waals surface area contributed by atoms with Crippen LogP contribution in [0.2, 0.25) is 0 Å². The first-order valence-electron chi connectivity index (χ1n) is 9.85. The SMILES string of the molecule is CC1=C(C(=O)Nc2ccccc2C)[C@H](c2cccc(O)c2)C2=C(CCCC2=O)N1. The van der Waals surface area contributed by atoms with Crippen LogP contribution in [-0.4, -0.2) is 16.8 Å². The standard InChI is InChI=1S/C24H24N2O3/c1-14-7-3-4-10-18(14)26-24(29)21-15(2)25-19-11-6-12-20(28)23(19)22(21)16-8-5-9-17(27)13-16/h3-5,7-10,13,22,25,27H,6,11-12H2,1-2H3,(H,26,29)/t22-/m0/s1. The molecule has 0 fully saturated rings. The number of aryl methyl sites for hydroxylation is 1. The Labute approximate surface area is 170 Å². The van der Waals surface area contributed by atoms with Gasteiger partial charge in [0.25, 0.3) is 5.91 Å². The molecule has 0 aromatic heterocycles.